The van der Waals surface area contributed by atoms with Crippen LogP contribution in [0.5, 0.6) is 0 Å². The molecule has 2 amide bonds. The Hall–Kier alpha value is -2.20. The Bertz CT molecular complexity index is 539. The van der Waals surface area contributed by atoms with Crippen molar-refractivity contribution in [1.82, 2.24) is 10.6 Å². The van der Waals surface area contributed by atoms with E-state index in [1.165, 1.54) is 0 Å². The molecule has 4 atom stereocenters. The quantitative estimate of drug-likeness (QED) is 0.399. The molecule has 0 saturated heterocycles. The van der Waals surface area contributed by atoms with Crippen LogP contribution in [0.25, 0.3) is 0 Å². The summed E-state index contributed by atoms with van der Waals surface area (Å²) in [6.07, 6.45) is -4.35. The maximum atomic E-state index is 12.2. The van der Waals surface area contributed by atoms with Gasteiger partial charge in [-0.25, -0.2) is 9.59 Å². The van der Waals surface area contributed by atoms with Gasteiger partial charge in [-0.2, -0.15) is 0 Å². The van der Waals surface area contributed by atoms with Crippen LogP contribution in [0.3, 0.4) is 0 Å². The number of methoxy groups -OCH3 is 2. The van der Waals surface area contributed by atoms with Gasteiger partial charge in [0.05, 0.1) is 14.2 Å². The SMILES string of the molecule is COC(=O)[C@@H](NC(=O)[C@H](O)[C@@H](O)C(=O)N[C@H](C(=O)OC)C(C)(C)C)C(C)(C)C. The minimum Gasteiger partial charge on any atom is -0.467 e. The number of hydrogen-bond acceptors (Lipinski definition) is 8. The van der Waals surface area contributed by atoms with Crippen LogP contribution in [-0.4, -0.2) is 72.5 Å². The predicted octanol–water partition coefficient (Wildman–Crippen LogP) is -0.884. The number of carbonyl (C=O) groups excluding carboxylic acids is 4. The van der Waals surface area contributed by atoms with E-state index in [0.717, 1.165) is 14.2 Å². The number of ether oxygens (including phenoxy) is 2. The highest BCUT2D eigenvalue weighted by Gasteiger charge is 2.40. The minimum absolute atomic E-state index is 0.745. The number of esters is 2. The van der Waals surface area contributed by atoms with Crippen molar-refractivity contribution in [3.63, 3.8) is 0 Å². The van der Waals surface area contributed by atoms with Gasteiger partial charge in [-0.3, -0.25) is 9.59 Å². The molecule has 0 saturated carbocycles. The number of hydrogen-bond donors (Lipinski definition) is 4. The third-order valence-electron chi connectivity index (χ3n) is 4.02. The Kier molecular flexibility index (Phi) is 9.06. The van der Waals surface area contributed by atoms with Gasteiger partial charge in [0.15, 0.2) is 12.2 Å². The van der Waals surface area contributed by atoms with Gasteiger partial charge in [-0.15, -0.1) is 0 Å². The molecule has 162 valence electrons. The van der Waals surface area contributed by atoms with Gasteiger partial charge in [0, 0.05) is 0 Å². The number of rotatable bonds is 7. The van der Waals surface area contributed by atoms with Crippen molar-refractivity contribution in [3.8, 4) is 0 Å². The van der Waals surface area contributed by atoms with Crippen molar-refractivity contribution >= 4 is 23.8 Å². The molecule has 0 fully saturated rings. The fourth-order valence-corrected chi connectivity index (χ4v) is 2.24. The minimum atomic E-state index is -2.17. The number of aliphatic hydroxyl groups is 2. The average Bonchev–Trinajstić information content (AvgIpc) is 2.58. The topological polar surface area (TPSA) is 151 Å². The lowest BCUT2D eigenvalue weighted by Gasteiger charge is -2.31. The predicted molar refractivity (Wildman–Crippen MR) is 98.8 cm³/mol. The van der Waals surface area contributed by atoms with Crippen molar-refractivity contribution in [2.24, 2.45) is 10.8 Å². The smallest absolute Gasteiger partial charge is 0.328 e. The molecule has 0 rings (SSSR count). The summed E-state index contributed by atoms with van der Waals surface area (Å²) in [4.78, 5) is 48.2. The number of amides is 2. The highest BCUT2D eigenvalue weighted by atomic mass is 16.5. The summed E-state index contributed by atoms with van der Waals surface area (Å²) in [5.74, 6) is -3.77. The van der Waals surface area contributed by atoms with Gasteiger partial charge < -0.3 is 30.3 Å². The van der Waals surface area contributed by atoms with Gasteiger partial charge in [-0.05, 0) is 10.8 Å². The summed E-state index contributed by atoms with van der Waals surface area (Å²) in [5.41, 5.74) is -1.50. The zero-order chi connectivity index (χ0) is 22.4. The first-order valence-corrected chi connectivity index (χ1v) is 8.70. The molecule has 0 bridgehead atoms. The molecule has 0 spiro atoms. The maximum absolute atomic E-state index is 12.2. The molecule has 0 aliphatic heterocycles. The van der Waals surface area contributed by atoms with E-state index in [4.69, 9.17) is 0 Å². The zero-order valence-corrected chi connectivity index (χ0v) is 17.7. The zero-order valence-electron chi connectivity index (χ0n) is 17.7. The van der Waals surface area contributed by atoms with E-state index in [1.807, 2.05) is 0 Å². The van der Waals surface area contributed by atoms with E-state index >= 15 is 0 Å². The first kappa shape index (κ1) is 25.8. The van der Waals surface area contributed by atoms with Gasteiger partial charge in [0.25, 0.3) is 11.8 Å². The summed E-state index contributed by atoms with van der Waals surface area (Å²) < 4.78 is 9.26. The molecule has 28 heavy (non-hydrogen) atoms. The molecule has 0 unspecified atom stereocenters. The van der Waals surface area contributed by atoms with E-state index in [9.17, 15) is 29.4 Å². The van der Waals surface area contributed by atoms with Gasteiger partial charge >= 0.3 is 11.9 Å². The van der Waals surface area contributed by atoms with Crippen LogP contribution >= 0.6 is 0 Å². The number of carbonyl (C=O) groups is 4. The molecular weight excluding hydrogens is 372 g/mol. The average molecular weight is 404 g/mol. The molecule has 10 nitrogen and oxygen atoms in total. The standard InChI is InChI=1S/C18H32N2O8/c1-17(2,3)11(15(25)27-7)19-13(23)9(21)10(22)14(24)20-12(16(26)28-8)18(4,5)6/h9-12,21-22H,1-8H3,(H,19,23)(H,20,24)/t9-,10-,11-,12-/m1/s1. The van der Waals surface area contributed by atoms with Crippen molar-refractivity contribution in [2.75, 3.05) is 14.2 Å². The Labute approximate surface area is 165 Å². The Morgan fingerprint density at radius 1 is 0.679 bits per heavy atom. The van der Waals surface area contributed by atoms with Crippen LogP contribution in [0.4, 0.5) is 0 Å². The molecule has 0 radical (unpaired) electrons. The van der Waals surface area contributed by atoms with Crippen LogP contribution in [0, 0.1) is 10.8 Å². The van der Waals surface area contributed by atoms with Gasteiger partial charge in [0.2, 0.25) is 0 Å². The van der Waals surface area contributed by atoms with E-state index in [-0.39, 0.29) is 0 Å². The second-order valence-corrected chi connectivity index (χ2v) is 8.55. The lowest BCUT2D eigenvalue weighted by molar-refractivity contribution is -0.155. The Morgan fingerprint density at radius 3 is 1.11 bits per heavy atom. The molecule has 0 aliphatic carbocycles. The molecule has 0 heterocycles. The third kappa shape index (κ3) is 7.08. The normalized spacial score (nSPS) is 16.2. The van der Waals surface area contributed by atoms with Crippen LogP contribution in [-0.2, 0) is 28.7 Å². The highest BCUT2D eigenvalue weighted by molar-refractivity contribution is 5.94. The fraction of sp³-hybridized carbons (Fsp3) is 0.778. The summed E-state index contributed by atoms with van der Waals surface area (Å²) in [6.45, 7) is 9.97. The van der Waals surface area contributed by atoms with Crippen LogP contribution in [0.2, 0.25) is 0 Å². The van der Waals surface area contributed by atoms with E-state index in [2.05, 4.69) is 20.1 Å². The molecule has 0 aromatic heterocycles. The second-order valence-electron chi connectivity index (χ2n) is 8.55. The molecule has 10 heteroatoms. The van der Waals surface area contributed by atoms with E-state index in [1.54, 1.807) is 41.5 Å². The third-order valence-corrected chi connectivity index (χ3v) is 4.02. The van der Waals surface area contributed by atoms with Gasteiger partial charge in [-0.1, -0.05) is 41.5 Å². The van der Waals surface area contributed by atoms with Gasteiger partial charge in [0.1, 0.15) is 12.1 Å². The highest BCUT2D eigenvalue weighted by Crippen LogP contribution is 2.22. The molecule has 0 aromatic rings. The molecule has 0 aromatic carbocycles. The Balaban J connectivity index is 5.28. The van der Waals surface area contributed by atoms with E-state index < -0.39 is 58.9 Å². The fourth-order valence-electron chi connectivity index (χ4n) is 2.24. The summed E-state index contributed by atoms with van der Waals surface area (Å²) in [7, 11) is 2.29. The second kappa shape index (κ2) is 9.83. The van der Waals surface area contributed by atoms with Crippen LogP contribution in [0.15, 0.2) is 0 Å². The van der Waals surface area contributed by atoms with Crippen LogP contribution < -0.4 is 10.6 Å². The molecular formula is C18H32N2O8. The first-order valence-electron chi connectivity index (χ1n) is 8.70. The summed E-state index contributed by atoms with van der Waals surface area (Å²) in [5, 5.41) is 24.6. The monoisotopic (exact) mass is 404 g/mol. The lowest BCUT2D eigenvalue weighted by atomic mass is 9.86. The summed E-state index contributed by atoms with van der Waals surface area (Å²) >= 11 is 0. The van der Waals surface area contributed by atoms with Crippen molar-refractivity contribution in [2.45, 2.75) is 65.8 Å². The largest absolute Gasteiger partial charge is 0.467 e. The molecule has 0 aliphatic rings. The maximum Gasteiger partial charge on any atom is 0.328 e. The number of nitrogens with one attached hydrogen (secondary N) is 2. The lowest BCUT2D eigenvalue weighted by Crippen LogP contribution is -2.58. The number of aliphatic hydroxyl groups excluding tert-OH is 2. The van der Waals surface area contributed by atoms with Crippen LogP contribution in [0.1, 0.15) is 41.5 Å². The molecule has 4 N–H and O–H groups in total. The van der Waals surface area contributed by atoms with Crippen molar-refractivity contribution < 1.29 is 38.9 Å². The van der Waals surface area contributed by atoms with E-state index in [0.29, 0.717) is 0 Å². The Morgan fingerprint density at radius 2 is 0.929 bits per heavy atom. The summed E-state index contributed by atoms with van der Waals surface area (Å²) in [6, 6.07) is -2.24. The first-order chi connectivity index (χ1) is 12.6. The van der Waals surface area contributed by atoms with Crippen molar-refractivity contribution in [3.05, 3.63) is 0 Å². The van der Waals surface area contributed by atoms with Crippen molar-refractivity contribution in [1.29, 1.82) is 0 Å².